The molecule has 1 atom stereocenters. The summed E-state index contributed by atoms with van der Waals surface area (Å²) in [4.78, 5) is 12.4. The second-order valence-corrected chi connectivity index (χ2v) is 8.22. The largest absolute Gasteiger partial charge is 0.481 e. The number of hydrogen-bond donors (Lipinski definition) is 1. The number of aliphatic hydroxyl groups excluding tert-OH is 1. The van der Waals surface area contributed by atoms with Crippen LogP contribution < -0.4 is 4.74 Å². The van der Waals surface area contributed by atoms with Gasteiger partial charge in [-0.25, -0.2) is 4.98 Å². The number of piperidine rings is 1. The van der Waals surface area contributed by atoms with Crippen LogP contribution in [0.2, 0.25) is 0 Å². The molecular weight excluding hydrogens is 366 g/mol. The minimum atomic E-state index is -0.109. The van der Waals surface area contributed by atoms with Gasteiger partial charge >= 0.3 is 0 Å². The fourth-order valence-corrected chi connectivity index (χ4v) is 4.83. The van der Waals surface area contributed by atoms with Crippen molar-refractivity contribution in [2.45, 2.75) is 50.7 Å². The first-order valence-corrected chi connectivity index (χ1v) is 10.7. The van der Waals surface area contributed by atoms with Crippen LogP contribution in [0.3, 0.4) is 0 Å². The molecule has 4 rings (SSSR count). The molecule has 6 nitrogen and oxygen atoms in total. The summed E-state index contributed by atoms with van der Waals surface area (Å²) in [6, 6.07) is 10.8. The summed E-state index contributed by atoms with van der Waals surface area (Å²) in [6.45, 7) is 2.14. The zero-order chi connectivity index (χ0) is 20.2. The Balaban J connectivity index is 1.55. The molecule has 1 aliphatic carbocycles. The minimum Gasteiger partial charge on any atom is -0.481 e. The Hall–Kier alpha value is -2.18. The summed E-state index contributed by atoms with van der Waals surface area (Å²) in [5.41, 5.74) is 3.03. The van der Waals surface area contributed by atoms with Crippen molar-refractivity contribution in [2.24, 2.45) is 11.1 Å². The van der Waals surface area contributed by atoms with E-state index in [0.29, 0.717) is 17.8 Å². The van der Waals surface area contributed by atoms with Crippen LogP contribution in [0.15, 0.2) is 35.5 Å². The third-order valence-electron chi connectivity index (χ3n) is 6.38. The minimum absolute atomic E-state index is 0.109. The van der Waals surface area contributed by atoms with Gasteiger partial charge in [-0.05, 0) is 63.3 Å². The number of methoxy groups -OCH3 is 1. The van der Waals surface area contributed by atoms with Gasteiger partial charge in [0.1, 0.15) is 7.11 Å². The molecule has 1 N–H and O–H groups in total. The predicted molar refractivity (Wildman–Crippen MR) is 114 cm³/mol. The van der Waals surface area contributed by atoms with Crippen molar-refractivity contribution in [1.29, 1.82) is 0 Å². The van der Waals surface area contributed by atoms with Crippen molar-refractivity contribution in [1.82, 2.24) is 9.88 Å². The molecule has 1 aliphatic heterocycles. The Morgan fingerprint density at radius 2 is 1.93 bits per heavy atom. The normalized spacial score (nSPS) is 26.4. The van der Waals surface area contributed by atoms with E-state index in [-0.39, 0.29) is 6.10 Å². The number of aromatic nitrogens is 1. The van der Waals surface area contributed by atoms with Crippen LogP contribution in [-0.4, -0.2) is 60.2 Å². The fourth-order valence-electron chi connectivity index (χ4n) is 4.83. The summed E-state index contributed by atoms with van der Waals surface area (Å²) < 4.78 is 5.23. The van der Waals surface area contributed by atoms with Gasteiger partial charge in [0.05, 0.1) is 24.4 Å². The smallest absolute Gasteiger partial charge is 0.213 e. The van der Waals surface area contributed by atoms with Gasteiger partial charge in [0, 0.05) is 35.5 Å². The summed E-state index contributed by atoms with van der Waals surface area (Å²) in [5.74, 6) is 0.968. The third kappa shape index (κ3) is 4.54. The highest BCUT2D eigenvalue weighted by molar-refractivity contribution is 6.04. The van der Waals surface area contributed by atoms with Crippen molar-refractivity contribution in [3.63, 3.8) is 0 Å². The van der Waals surface area contributed by atoms with Crippen molar-refractivity contribution in [2.75, 3.05) is 27.3 Å². The lowest BCUT2D eigenvalue weighted by atomic mass is 9.85. The molecular formula is C23H31N3O3. The number of oxime groups is 1. The van der Waals surface area contributed by atoms with Crippen LogP contribution in [0.1, 0.15) is 44.1 Å². The maximum Gasteiger partial charge on any atom is 0.213 e. The summed E-state index contributed by atoms with van der Waals surface area (Å²) in [6.07, 6.45) is 6.20. The number of aliphatic hydroxyl groups is 1. The maximum absolute atomic E-state index is 9.84. The highest BCUT2D eigenvalue weighted by Gasteiger charge is 2.31. The number of rotatable bonds is 5. The van der Waals surface area contributed by atoms with E-state index in [9.17, 15) is 5.11 Å². The monoisotopic (exact) mass is 397 g/mol. The molecule has 1 aromatic heterocycles. The summed E-state index contributed by atoms with van der Waals surface area (Å²) in [7, 11) is 3.25. The van der Waals surface area contributed by atoms with Crippen LogP contribution in [0.4, 0.5) is 0 Å². The zero-order valence-electron chi connectivity index (χ0n) is 17.4. The molecule has 156 valence electrons. The van der Waals surface area contributed by atoms with Gasteiger partial charge in [0.25, 0.3) is 0 Å². The molecule has 0 radical (unpaired) electrons. The quantitative estimate of drug-likeness (QED) is 0.617. The lowest BCUT2D eigenvalue weighted by molar-refractivity contribution is 0.0588. The molecule has 6 heteroatoms. The predicted octanol–water partition coefficient (Wildman–Crippen LogP) is 3.61. The molecule has 0 amide bonds. The Morgan fingerprint density at radius 3 is 2.69 bits per heavy atom. The number of pyridine rings is 1. The van der Waals surface area contributed by atoms with E-state index in [0.717, 1.165) is 67.4 Å². The Kier molecular flexibility index (Phi) is 6.31. The maximum atomic E-state index is 9.84. The first-order valence-electron chi connectivity index (χ1n) is 10.7. The third-order valence-corrected chi connectivity index (χ3v) is 6.38. The van der Waals surface area contributed by atoms with Gasteiger partial charge in [-0.3, -0.25) is 4.90 Å². The van der Waals surface area contributed by atoms with E-state index < -0.39 is 0 Å². The van der Waals surface area contributed by atoms with Gasteiger partial charge in [-0.1, -0.05) is 11.2 Å². The molecule has 2 heterocycles. The van der Waals surface area contributed by atoms with E-state index in [1.165, 1.54) is 6.42 Å². The highest BCUT2D eigenvalue weighted by Crippen LogP contribution is 2.30. The number of ether oxygens (including phenoxy) is 1. The van der Waals surface area contributed by atoms with Gasteiger partial charge in [-0.2, -0.15) is 0 Å². The number of likely N-dealkylation sites (tertiary alicyclic amines) is 1. The first kappa shape index (κ1) is 20.1. The van der Waals surface area contributed by atoms with Crippen LogP contribution in [-0.2, 0) is 4.84 Å². The van der Waals surface area contributed by atoms with Crippen LogP contribution >= 0.6 is 0 Å². The van der Waals surface area contributed by atoms with E-state index >= 15 is 0 Å². The summed E-state index contributed by atoms with van der Waals surface area (Å²) >= 11 is 0. The van der Waals surface area contributed by atoms with Gasteiger partial charge in [-0.15, -0.1) is 0 Å². The molecule has 1 aromatic carbocycles. The molecule has 1 saturated heterocycles. The lowest BCUT2D eigenvalue weighted by Gasteiger charge is -2.41. The Morgan fingerprint density at radius 1 is 1.10 bits per heavy atom. The van der Waals surface area contributed by atoms with E-state index in [1.807, 2.05) is 18.2 Å². The topological polar surface area (TPSA) is 67.2 Å². The number of fused-ring (bicyclic) bond motifs is 1. The van der Waals surface area contributed by atoms with Crippen LogP contribution in [0.5, 0.6) is 5.88 Å². The van der Waals surface area contributed by atoms with Crippen LogP contribution in [0, 0.1) is 5.92 Å². The molecule has 0 bridgehead atoms. The number of hydrogen-bond acceptors (Lipinski definition) is 6. The number of nitrogens with zero attached hydrogens (tertiary/aromatic N) is 3. The summed E-state index contributed by atoms with van der Waals surface area (Å²) in [5, 5.41) is 15.4. The molecule has 2 aliphatic rings. The molecule has 0 spiro atoms. The van der Waals surface area contributed by atoms with Crippen molar-refractivity contribution < 1.29 is 14.7 Å². The van der Waals surface area contributed by atoms with Gasteiger partial charge in [0.2, 0.25) is 5.88 Å². The number of benzene rings is 1. The molecule has 1 saturated carbocycles. The lowest BCUT2D eigenvalue weighted by Crippen LogP contribution is -2.46. The van der Waals surface area contributed by atoms with Crippen molar-refractivity contribution >= 4 is 16.6 Å². The van der Waals surface area contributed by atoms with Gasteiger partial charge in [0.15, 0.2) is 0 Å². The zero-order valence-corrected chi connectivity index (χ0v) is 17.4. The second-order valence-electron chi connectivity index (χ2n) is 8.22. The van der Waals surface area contributed by atoms with E-state index in [4.69, 9.17) is 9.57 Å². The first-order chi connectivity index (χ1) is 14.2. The Bertz CT molecular complexity index is 862. The molecule has 2 fully saturated rings. The standard InChI is InChI=1S/C23H31N3O3/c1-28-22-12-6-16-14-17(5-11-21(16)24-22)23(25-29-2)18-4-3-13-26(15-18)19-7-9-20(27)10-8-19/h5-6,11-12,14,18-20,27H,3-4,7-10,13,15H2,1-2H3/b25-23-. The van der Waals surface area contributed by atoms with Gasteiger partial charge < -0.3 is 14.7 Å². The SMILES string of the molecule is CO/N=C(/c1ccc2nc(OC)ccc2c1)C1CCCN(C2CCC(O)CC2)C1. The fraction of sp³-hybridized carbons (Fsp3) is 0.565. The van der Waals surface area contributed by atoms with Crippen LogP contribution in [0.25, 0.3) is 10.9 Å². The average Bonchev–Trinajstić information content (AvgIpc) is 2.77. The van der Waals surface area contributed by atoms with Crippen molar-refractivity contribution in [3.8, 4) is 5.88 Å². The average molecular weight is 398 g/mol. The molecule has 1 unspecified atom stereocenters. The molecule has 2 aromatic rings. The molecule has 29 heavy (non-hydrogen) atoms. The Labute approximate surface area is 172 Å². The van der Waals surface area contributed by atoms with E-state index in [2.05, 4.69) is 27.2 Å². The second kappa shape index (κ2) is 9.09. The van der Waals surface area contributed by atoms with Crippen molar-refractivity contribution in [3.05, 3.63) is 35.9 Å². The highest BCUT2D eigenvalue weighted by atomic mass is 16.6. The van der Waals surface area contributed by atoms with E-state index in [1.54, 1.807) is 14.2 Å².